The molecule has 0 aliphatic heterocycles. The zero-order chi connectivity index (χ0) is 23.9. The van der Waals surface area contributed by atoms with Crippen LogP contribution in [0.5, 0.6) is 0 Å². The van der Waals surface area contributed by atoms with Gasteiger partial charge < -0.3 is 10.2 Å². The number of hydrogen-bond acceptors (Lipinski definition) is 4. The van der Waals surface area contributed by atoms with Crippen LogP contribution in [0.15, 0.2) is 54.6 Å². The lowest BCUT2D eigenvalue weighted by molar-refractivity contribution is -0.140. The number of nitrogens with one attached hydrogen (secondary N) is 1. The predicted molar refractivity (Wildman–Crippen MR) is 123 cm³/mol. The van der Waals surface area contributed by atoms with E-state index in [1.165, 1.54) is 23.1 Å². The zero-order valence-corrected chi connectivity index (χ0v) is 19.6. The first-order valence-corrected chi connectivity index (χ1v) is 12.3. The van der Waals surface area contributed by atoms with Crippen molar-refractivity contribution < 1.29 is 22.4 Å². The van der Waals surface area contributed by atoms with Gasteiger partial charge in [0.2, 0.25) is 21.8 Å². The summed E-state index contributed by atoms with van der Waals surface area (Å²) >= 11 is 0. The van der Waals surface area contributed by atoms with E-state index < -0.39 is 34.3 Å². The van der Waals surface area contributed by atoms with Crippen molar-refractivity contribution in [3.63, 3.8) is 0 Å². The Kier molecular flexibility index (Phi) is 8.77. The van der Waals surface area contributed by atoms with E-state index in [9.17, 15) is 22.4 Å². The number of halogens is 1. The summed E-state index contributed by atoms with van der Waals surface area (Å²) in [7, 11) is -3.97. The van der Waals surface area contributed by atoms with Gasteiger partial charge in [0.1, 0.15) is 18.4 Å². The first-order chi connectivity index (χ1) is 15.0. The minimum atomic E-state index is -3.97. The van der Waals surface area contributed by atoms with Gasteiger partial charge in [0.15, 0.2) is 0 Å². The van der Waals surface area contributed by atoms with Crippen LogP contribution in [-0.4, -0.2) is 50.0 Å². The Bertz CT molecular complexity index is 1030. The number of rotatable bonds is 10. The molecular weight excluding hydrogens is 433 g/mol. The highest BCUT2D eigenvalue weighted by molar-refractivity contribution is 7.92. The molecule has 0 bridgehead atoms. The van der Waals surface area contributed by atoms with Crippen molar-refractivity contribution >= 4 is 27.5 Å². The van der Waals surface area contributed by atoms with Crippen molar-refractivity contribution in [3.05, 3.63) is 66.0 Å². The number of hydrogen-bond donors (Lipinski definition) is 1. The van der Waals surface area contributed by atoms with Gasteiger partial charge in [0, 0.05) is 12.6 Å². The molecule has 1 atom stereocenters. The molecule has 2 aromatic carbocycles. The number of amides is 2. The van der Waals surface area contributed by atoms with Crippen molar-refractivity contribution in [1.29, 1.82) is 0 Å². The number of para-hydroxylation sites is 1. The summed E-state index contributed by atoms with van der Waals surface area (Å²) in [5.74, 6) is -1.69. The number of carbonyl (C=O) groups excluding carboxylic acids is 2. The molecule has 174 valence electrons. The fraction of sp³-hybridized carbons (Fsp3) is 0.391. The molecule has 7 nitrogen and oxygen atoms in total. The van der Waals surface area contributed by atoms with Gasteiger partial charge in [-0.15, -0.1) is 0 Å². The molecule has 0 radical (unpaired) electrons. The van der Waals surface area contributed by atoms with Crippen molar-refractivity contribution in [2.24, 2.45) is 0 Å². The van der Waals surface area contributed by atoms with Crippen LogP contribution in [0.3, 0.4) is 0 Å². The van der Waals surface area contributed by atoms with E-state index in [1.54, 1.807) is 6.92 Å². The monoisotopic (exact) mass is 463 g/mol. The minimum absolute atomic E-state index is 0.110. The van der Waals surface area contributed by atoms with Crippen LogP contribution in [0, 0.1) is 5.82 Å². The normalized spacial score (nSPS) is 12.3. The minimum Gasteiger partial charge on any atom is -0.352 e. The van der Waals surface area contributed by atoms with Gasteiger partial charge in [-0.2, -0.15) is 0 Å². The molecule has 9 heteroatoms. The van der Waals surface area contributed by atoms with Crippen LogP contribution in [-0.2, 0) is 26.2 Å². The van der Waals surface area contributed by atoms with Crippen molar-refractivity contribution in [1.82, 2.24) is 10.2 Å². The smallest absolute Gasteiger partial charge is 0.244 e. The topological polar surface area (TPSA) is 86.8 Å². The third-order valence-corrected chi connectivity index (χ3v) is 5.94. The molecule has 0 spiro atoms. The highest BCUT2D eigenvalue weighted by Crippen LogP contribution is 2.22. The summed E-state index contributed by atoms with van der Waals surface area (Å²) in [6.45, 7) is 4.90. The maximum atomic E-state index is 14.4. The molecule has 0 aromatic heterocycles. The Morgan fingerprint density at radius 2 is 1.62 bits per heavy atom. The average molecular weight is 464 g/mol. The summed E-state index contributed by atoms with van der Waals surface area (Å²) in [6, 6.07) is 13.5. The Labute approximate surface area is 189 Å². The quantitative estimate of drug-likeness (QED) is 0.587. The Morgan fingerprint density at radius 1 is 1.03 bits per heavy atom. The lowest BCUT2D eigenvalue weighted by atomic mass is 10.1. The Balaban J connectivity index is 2.43. The molecule has 0 saturated carbocycles. The average Bonchev–Trinajstić information content (AvgIpc) is 2.71. The first-order valence-electron chi connectivity index (χ1n) is 10.4. The van der Waals surface area contributed by atoms with E-state index >= 15 is 0 Å². The van der Waals surface area contributed by atoms with E-state index in [4.69, 9.17) is 0 Å². The number of anilines is 1. The van der Waals surface area contributed by atoms with Crippen LogP contribution < -0.4 is 9.62 Å². The second-order valence-electron chi connectivity index (χ2n) is 7.82. The van der Waals surface area contributed by atoms with E-state index in [0.717, 1.165) is 22.2 Å². The first kappa shape index (κ1) is 25.3. The molecule has 0 unspecified atom stereocenters. The summed E-state index contributed by atoms with van der Waals surface area (Å²) in [5.41, 5.74) is 0.566. The maximum absolute atomic E-state index is 14.4. The zero-order valence-electron chi connectivity index (χ0n) is 18.8. The van der Waals surface area contributed by atoms with Gasteiger partial charge in [-0.1, -0.05) is 49.4 Å². The molecule has 2 rings (SSSR count). The van der Waals surface area contributed by atoms with Crippen LogP contribution >= 0.6 is 0 Å². The molecule has 0 heterocycles. The van der Waals surface area contributed by atoms with E-state index in [-0.39, 0.29) is 24.2 Å². The highest BCUT2D eigenvalue weighted by Gasteiger charge is 2.32. The molecule has 0 aliphatic rings. The molecule has 0 saturated heterocycles. The van der Waals surface area contributed by atoms with Gasteiger partial charge in [-0.3, -0.25) is 13.9 Å². The third-order valence-electron chi connectivity index (χ3n) is 4.81. The van der Waals surface area contributed by atoms with Gasteiger partial charge in [0.25, 0.3) is 0 Å². The van der Waals surface area contributed by atoms with Crippen LogP contribution in [0.4, 0.5) is 10.1 Å². The molecule has 0 fully saturated rings. The Morgan fingerprint density at radius 3 is 2.16 bits per heavy atom. The van der Waals surface area contributed by atoms with E-state index in [2.05, 4.69) is 5.32 Å². The lowest BCUT2D eigenvalue weighted by Gasteiger charge is -2.33. The fourth-order valence-electron chi connectivity index (χ4n) is 3.33. The molecule has 2 aromatic rings. The van der Waals surface area contributed by atoms with Gasteiger partial charge >= 0.3 is 0 Å². The molecule has 2 amide bonds. The van der Waals surface area contributed by atoms with Crippen LogP contribution in [0.2, 0.25) is 0 Å². The standard InChI is InChI=1S/C23H30FN3O4S/c1-5-20(23(29)25-17(2)3)26(15-18-11-7-6-8-12-18)22(28)16-27(32(4,30)31)21-14-10-9-13-19(21)24/h6-14,17,20H,5,15-16H2,1-4H3,(H,25,29)/t20-/m1/s1. The Hall–Kier alpha value is -2.94. The molecular formula is C23H30FN3O4S. The molecule has 32 heavy (non-hydrogen) atoms. The second-order valence-corrected chi connectivity index (χ2v) is 9.72. The summed E-state index contributed by atoms with van der Waals surface area (Å²) in [6.07, 6.45) is 1.24. The van der Waals surface area contributed by atoms with Crippen LogP contribution in [0.1, 0.15) is 32.8 Å². The maximum Gasteiger partial charge on any atom is 0.244 e. The largest absolute Gasteiger partial charge is 0.352 e. The summed E-state index contributed by atoms with van der Waals surface area (Å²) in [5, 5.41) is 2.81. The van der Waals surface area contributed by atoms with E-state index in [1.807, 2.05) is 44.2 Å². The second kappa shape index (κ2) is 11.1. The highest BCUT2D eigenvalue weighted by atomic mass is 32.2. The SMILES string of the molecule is CC[C@H](C(=O)NC(C)C)N(Cc1ccccc1)C(=O)CN(c1ccccc1F)S(C)(=O)=O. The third kappa shape index (κ3) is 6.78. The van der Waals surface area contributed by atoms with Gasteiger partial charge in [-0.25, -0.2) is 12.8 Å². The lowest BCUT2D eigenvalue weighted by Crippen LogP contribution is -2.53. The van der Waals surface area contributed by atoms with Crippen molar-refractivity contribution in [2.75, 3.05) is 17.1 Å². The number of sulfonamides is 1. The number of benzene rings is 2. The fourth-order valence-corrected chi connectivity index (χ4v) is 4.18. The predicted octanol–water partition coefficient (Wildman–Crippen LogP) is 2.92. The number of nitrogens with zero attached hydrogens (tertiary/aromatic N) is 2. The van der Waals surface area contributed by atoms with Crippen molar-refractivity contribution in [3.8, 4) is 0 Å². The molecule has 0 aliphatic carbocycles. The summed E-state index contributed by atoms with van der Waals surface area (Å²) in [4.78, 5) is 27.6. The summed E-state index contributed by atoms with van der Waals surface area (Å²) < 4.78 is 40.0. The van der Waals surface area contributed by atoms with Gasteiger partial charge in [-0.05, 0) is 38.0 Å². The van der Waals surface area contributed by atoms with Crippen LogP contribution in [0.25, 0.3) is 0 Å². The number of carbonyl (C=O) groups is 2. The van der Waals surface area contributed by atoms with Crippen molar-refractivity contribution in [2.45, 2.75) is 45.8 Å². The van der Waals surface area contributed by atoms with E-state index in [0.29, 0.717) is 6.42 Å². The molecule has 1 N–H and O–H groups in total. The van der Waals surface area contributed by atoms with Gasteiger partial charge in [0.05, 0.1) is 11.9 Å².